The van der Waals surface area contributed by atoms with E-state index in [0.29, 0.717) is 11.2 Å². The zero-order valence-electron chi connectivity index (χ0n) is 9.73. The number of aliphatic hydroxyl groups excluding tert-OH is 1. The van der Waals surface area contributed by atoms with Crippen molar-refractivity contribution in [2.24, 2.45) is 0 Å². The van der Waals surface area contributed by atoms with Crippen LogP contribution >= 0.6 is 11.8 Å². The zero-order chi connectivity index (χ0) is 11.3. The van der Waals surface area contributed by atoms with Crippen LogP contribution in [0.1, 0.15) is 37.8 Å². The minimum Gasteiger partial charge on any atom is -0.395 e. The van der Waals surface area contributed by atoms with Crippen LogP contribution in [0, 0.1) is 0 Å². The molecule has 0 saturated carbocycles. The Bertz CT molecular complexity index is 279. The van der Waals surface area contributed by atoms with Gasteiger partial charge in [-0.15, -0.1) is 0 Å². The second kappa shape index (κ2) is 6.19. The van der Waals surface area contributed by atoms with Gasteiger partial charge in [0.15, 0.2) is 0 Å². The van der Waals surface area contributed by atoms with Crippen LogP contribution in [0.25, 0.3) is 0 Å². The van der Waals surface area contributed by atoms with E-state index in [9.17, 15) is 0 Å². The molecule has 0 bridgehead atoms. The molecular weight excluding hydrogens is 204 g/mol. The van der Waals surface area contributed by atoms with Gasteiger partial charge in [0.1, 0.15) is 0 Å². The first-order valence-corrected chi connectivity index (χ1v) is 6.49. The first kappa shape index (κ1) is 12.6. The summed E-state index contributed by atoms with van der Waals surface area (Å²) >= 11 is 1.79. The van der Waals surface area contributed by atoms with Crippen LogP contribution in [-0.2, 0) is 5.75 Å². The first-order valence-electron chi connectivity index (χ1n) is 5.44. The van der Waals surface area contributed by atoms with E-state index in [1.54, 1.807) is 11.8 Å². The second-order valence-electron chi connectivity index (χ2n) is 4.20. The standard InChI is InChI=1S/C13H20OS/c1-10(2)13-6-4-12(5-7-13)9-15-11(3)8-14/h4-7,10-11,14H,8-9H2,1-3H3. The normalized spacial score (nSPS) is 13.1. The quantitative estimate of drug-likeness (QED) is 0.827. The van der Waals surface area contributed by atoms with Crippen LogP contribution in [0.2, 0.25) is 0 Å². The fourth-order valence-corrected chi connectivity index (χ4v) is 2.06. The number of rotatable bonds is 5. The molecule has 15 heavy (non-hydrogen) atoms. The van der Waals surface area contributed by atoms with Crippen molar-refractivity contribution < 1.29 is 5.11 Å². The molecule has 1 aromatic carbocycles. The average molecular weight is 224 g/mol. The van der Waals surface area contributed by atoms with Crippen molar-refractivity contribution in [2.45, 2.75) is 37.7 Å². The number of aliphatic hydroxyl groups is 1. The van der Waals surface area contributed by atoms with Crippen molar-refractivity contribution in [2.75, 3.05) is 6.61 Å². The lowest BCUT2D eigenvalue weighted by atomic mass is 10.0. The monoisotopic (exact) mass is 224 g/mol. The minimum absolute atomic E-state index is 0.259. The molecule has 0 heterocycles. The predicted molar refractivity (Wildman–Crippen MR) is 68.4 cm³/mol. The van der Waals surface area contributed by atoms with Crippen molar-refractivity contribution in [3.05, 3.63) is 35.4 Å². The SMILES string of the molecule is CC(CO)SCc1ccc(C(C)C)cc1. The van der Waals surface area contributed by atoms with E-state index >= 15 is 0 Å². The molecule has 84 valence electrons. The van der Waals surface area contributed by atoms with Gasteiger partial charge in [-0.2, -0.15) is 11.8 Å². The van der Waals surface area contributed by atoms with Crippen LogP contribution in [0.5, 0.6) is 0 Å². The molecule has 0 fully saturated rings. The molecule has 0 spiro atoms. The van der Waals surface area contributed by atoms with Gasteiger partial charge in [0.2, 0.25) is 0 Å². The van der Waals surface area contributed by atoms with Gasteiger partial charge in [0.25, 0.3) is 0 Å². The van der Waals surface area contributed by atoms with Gasteiger partial charge >= 0.3 is 0 Å². The van der Waals surface area contributed by atoms with Crippen molar-refractivity contribution in [1.82, 2.24) is 0 Å². The van der Waals surface area contributed by atoms with E-state index in [0.717, 1.165) is 5.75 Å². The predicted octanol–water partition coefficient (Wildman–Crippen LogP) is 3.42. The molecule has 1 rings (SSSR count). The highest BCUT2D eigenvalue weighted by molar-refractivity contribution is 7.99. The van der Waals surface area contributed by atoms with E-state index in [1.165, 1.54) is 11.1 Å². The highest BCUT2D eigenvalue weighted by atomic mass is 32.2. The summed E-state index contributed by atoms with van der Waals surface area (Å²) in [6, 6.07) is 8.77. The molecule has 1 N–H and O–H groups in total. The third-order valence-electron chi connectivity index (χ3n) is 2.44. The maximum Gasteiger partial charge on any atom is 0.0547 e. The Morgan fingerprint density at radius 3 is 2.20 bits per heavy atom. The summed E-state index contributed by atoms with van der Waals surface area (Å²) in [4.78, 5) is 0. The molecule has 2 heteroatoms. The first-order chi connectivity index (χ1) is 7.13. The largest absolute Gasteiger partial charge is 0.395 e. The maximum absolute atomic E-state index is 8.91. The molecule has 0 aliphatic carbocycles. The van der Waals surface area contributed by atoms with Crippen molar-refractivity contribution in [1.29, 1.82) is 0 Å². The lowest BCUT2D eigenvalue weighted by molar-refractivity contribution is 0.300. The number of hydrogen-bond acceptors (Lipinski definition) is 2. The van der Waals surface area contributed by atoms with E-state index in [4.69, 9.17) is 5.11 Å². The van der Waals surface area contributed by atoms with Gasteiger partial charge in [-0.25, -0.2) is 0 Å². The molecule has 0 amide bonds. The highest BCUT2D eigenvalue weighted by Gasteiger charge is 2.02. The van der Waals surface area contributed by atoms with Crippen molar-refractivity contribution in [3.63, 3.8) is 0 Å². The van der Waals surface area contributed by atoms with Crippen LogP contribution in [0.3, 0.4) is 0 Å². The summed E-state index contributed by atoms with van der Waals surface area (Å²) < 4.78 is 0. The molecular formula is C13H20OS. The Balaban J connectivity index is 2.50. The number of thioether (sulfide) groups is 1. The van der Waals surface area contributed by atoms with Gasteiger partial charge in [0.05, 0.1) is 6.61 Å². The highest BCUT2D eigenvalue weighted by Crippen LogP contribution is 2.20. The molecule has 0 aromatic heterocycles. The number of hydrogen-bond donors (Lipinski definition) is 1. The lowest BCUT2D eigenvalue weighted by Gasteiger charge is -2.09. The molecule has 1 nitrogen and oxygen atoms in total. The minimum atomic E-state index is 0.259. The van der Waals surface area contributed by atoms with E-state index in [-0.39, 0.29) is 6.61 Å². The summed E-state index contributed by atoms with van der Waals surface area (Å²) in [5.41, 5.74) is 2.73. The molecule has 1 unspecified atom stereocenters. The average Bonchev–Trinajstić information content (AvgIpc) is 2.26. The van der Waals surface area contributed by atoms with Crippen LogP contribution < -0.4 is 0 Å². The number of benzene rings is 1. The second-order valence-corrected chi connectivity index (χ2v) is 5.63. The van der Waals surface area contributed by atoms with Gasteiger partial charge in [-0.3, -0.25) is 0 Å². The van der Waals surface area contributed by atoms with E-state index < -0.39 is 0 Å². The van der Waals surface area contributed by atoms with E-state index in [2.05, 4.69) is 38.1 Å². The summed E-state index contributed by atoms with van der Waals surface area (Å²) in [6.45, 7) is 6.72. The Morgan fingerprint density at radius 1 is 1.13 bits per heavy atom. The fraction of sp³-hybridized carbons (Fsp3) is 0.538. The smallest absolute Gasteiger partial charge is 0.0547 e. The lowest BCUT2D eigenvalue weighted by Crippen LogP contribution is -2.02. The van der Waals surface area contributed by atoms with Crippen molar-refractivity contribution in [3.8, 4) is 0 Å². The molecule has 1 atom stereocenters. The summed E-state index contributed by atoms with van der Waals surface area (Å²) in [7, 11) is 0. The van der Waals surface area contributed by atoms with Gasteiger partial charge in [-0.1, -0.05) is 45.0 Å². The third kappa shape index (κ3) is 4.27. The van der Waals surface area contributed by atoms with Gasteiger partial charge < -0.3 is 5.11 Å². The summed E-state index contributed by atoms with van der Waals surface area (Å²) in [5, 5.41) is 9.24. The van der Waals surface area contributed by atoms with E-state index in [1.807, 2.05) is 6.92 Å². The Labute approximate surface area is 96.9 Å². The molecule has 0 aliphatic heterocycles. The molecule has 0 radical (unpaired) electrons. The third-order valence-corrected chi connectivity index (χ3v) is 3.66. The molecule has 0 aliphatic rings. The van der Waals surface area contributed by atoms with Crippen LogP contribution in [0.4, 0.5) is 0 Å². The fourth-order valence-electron chi connectivity index (χ4n) is 1.29. The van der Waals surface area contributed by atoms with Gasteiger partial charge in [0, 0.05) is 11.0 Å². The van der Waals surface area contributed by atoms with Crippen molar-refractivity contribution >= 4 is 11.8 Å². The Hall–Kier alpha value is -0.470. The topological polar surface area (TPSA) is 20.2 Å². The Kier molecular flexibility index (Phi) is 5.20. The molecule has 1 aromatic rings. The Morgan fingerprint density at radius 2 is 1.73 bits per heavy atom. The van der Waals surface area contributed by atoms with Crippen LogP contribution in [-0.4, -0.2) is 17.0 Å². The summed E-state index contributed by atoms with van der Waals surface area (Å²) in [6.07, 6.45) is 0. The summed E-state index contributed by atoms with van der Waals surface area (Å²) in [5.74, 6) is 1.59. The van der Waals surface area contributed by atoms with Crippen LogP contribution in [0.15, 0.2) is 24.3 Å². The maximum atomic E-state index is 8.91. The molecule has 0 saturated heterocycles. The van der Waals surface area contributed by atoms with Gasteiger partial charge in [-0.05, 0) is 17.0 Å². The zero-order valence-corrected chi connectivity index (χ0v) is 10.6.